The summed E-state index contributed by atoms with van der Waals surface area (Å²) < 4.78 is 5.73. The Balaban J connectivity index is 2.53. The van der Waals surface area contributed by atoms with Crippen LogP contribution in [-0.4, -0.2) is 4.98 Å². The normalized spacial score (nSPS) is 11.3. The van der Waals surface area contributed by atoms with Crippen LogP contribution < -0.4 is 0 Å². The molecule has 0 saturated carbocycles. The first kappa shape index (κ1) is 8.48. The van der Waals surface area contributed by atoms with Gasteiger partial charge in [0.15, 0.2) is 5.58 Å². The molecule has 0 spiro atoms. The summed E-state index contributed by atoms with van der Waals surface area (Å²) in [6.07, 6.45) is 1.79. The molecule has 3 aromatic rings. The molecule has 0 saturated heterocycles. The monoisotopic (exact) mass is 197 g/mol. The second kappa shape index (κ2) is 2.83. The molecule has 0 bridgehead atoms. The van der Waals surface area contributed by atoms with Gasteiger partial charge in [-0.05, 0) is 31.5 Å². The molecule has 0 fully saturated rings. The van der Waals surface area contributed by atoms with E-state index in [4.69, 9.17) is 4.42 Å². The largest absolute Gasteiger partial charge is 0.454 e. The molecule has 0 aliphatic heterocycles. The topological polar surface area (TPSA) is 26.0 Å². The molecule has 2 heteroatoms. The van der Waals surface area contributed by atoms with Gasteiger partial charge in [-0.25, -0.2) is 0 Å². The first-order chi connectivity index (χ1) is 7.24. The highest BCUT2D eigenvalue weighted by Crippen LogP contribution is 2.28. The summed E-state index contributed by atoms with van der Waals surface area (Å²) in [6, 6.07) is 8.34. The lowest BCUT2D eigenvalue weighted by Crippen LogP contribution is -1.77. The fourth-order valence-corrected chi connectivity index (χ4v) is 1.89. The SMILES string of the molecule is Cc1ccc2c(c1)oc1cnc(C)cc12. The lowest BCUT2D eigenvalue weighted by atomic mass is 10.1. The van der Waals surface area contributed by atoms with Crippen LogP contribution in [0.5, 0.6) is 0 Å². The standard InChI is InChI=1S/C13H11NO/c1-8-3-4-10-11-6-9(2)14-7-13(11)15-12(10)5-8/h3-7H,1-2H3. The number of hydrogen-bond donors (Lipinski definition) is 0. The fourth-order valence-electron chi connectivity index (χ4n) is 1.89. The molecule has 0 radical (unpaired) electrons. The van der Waals surface area contributed by atoms with Crippen LogP contribution in [0.15, 0.2) is 34.9 Å². The van der Waals surface area contributed by atoms with Crippen LogP contribution in [0.1, 0.15) is 11.3 Å². The Bertz CT molecular complexity index is 652. The molecule has 0 N–H and O–H groups in total. The van der Waals surface area contributed by atoms with Crippen molar-refractivity contribution in [2.75, 3.05) is 0 Å². The van der Waals surface area contributed by atoms with E-state index in [2.05, 4.69) is 36.2 Å². The summed E-state index contributed by atoms with van der Waals surface area (Å²) in [5, 5.41) is 2.32. The highest BCUT2D eigenvalue weighted by Gasteiger charge is 2.06. The van der Waals surface area contributed by atoms with Gasteiger partial charge in [0.1, 0.15) is 5.58 Å². The van der Waals surface area contributed by atoms with Gasteiger partial charge in [0.25, 0.3) is 0 Å². The number of nitrogens with zero attached hydrogens (tertiary/aromatic N) is 1. The number of hydrogen-bond acceptors (Lipinski definition) is 2. The van der Waals surface area contributed by atoms with E-state index in [1.54, 1.807) is 6.20 Å². The minimum atomic E-state index is 0.862. The van der Waals surface area contributed by atoms with Gasteiger partial charge in [-0.15, -0.1) is 0 Å². The van der Waals surface area contributed by atoms with Crippen molar-refractivity contribution in [1.29, 1.82) is 0 Å². The average Bonchev–Trinajstić information content (AvgIpc) is 2.54. The van der Waals surface area contributed by atoms with Gasteiger partial charge in [0, 0.05) is 16.5 Å². The number of aryl methyl sites for hydroxylation is 2. The summed E-state index contributed by atoms with van der Waals surface area (Å²) in [5.41, 5.74) is 4.04. The number of aromatic nitrogens is 1. The third-order valence-corrected chi connectivity index (χ3v) is 2.65. The van der Waals surface area contributed by atoms with Crippen molar-refractivity contribution in [3.05, 3.63) is 41.7 Å². The molecule has 2 aromatic heterocycles. The molecule has 0 amide bonds. The Morgan fingerprint density at radius 3 is 2.73 bits per heavy atom. The van der Waals surface area contributed by atoms with Crippen LogP contribution in [0.3, 0.4) is 0 Å². The van der Waals surface area contributed by atoms with E-state index in [9.17, 15) is 0 Å². The maximum atomic E-state index is 5.73. The molecule has 15 heavy (non-hydrogen) atoms. The van der Waals surface area contributed by atoms with Gasteiger partial charge in [-0.2, -0.15) is 0 Å². The van der Waals surface area contributed by atoms with Gasteiger partial charge in [-0.1, -0.05) is 12.1 Å². The molecule has 2 nitrogen and oxygen atoms in total. The highest BCUT2D eigenvalue weighted by molar-refractivity contribution is 6.04. The summed E-state index contributed by atoms with van der Waals surface area (Å²) >= 11 is 0. The number of fused-ring (bicyclic) bond motifs is 3. The third-order valence-electron chi connectivity index (χ3n) is 2.65. The molecule has 1 aromatic carbocycles. The van der Waals surface area contributed by atoms with Crippen LogP contribution in [0, 0.1) is 13.8 Å². The Hall–Kier alpha value is -1.83. The average molecular weight is 197 g/mol. The Labute approximate surface area is 87.5 Å². The van der Waals surface area contributed by atoms with E-state index >= 15 is 0 Å². The van der Waals surface area contributed by atoms with Crippen molar-refractivity contribution >= 4 is 21.9 Å². The van der Waals surface area contributed by atoms with Gasteiger partial charge in [0.05, 0.1) is 6.20 Å². The fraction of sp³-hybridized carbons (Fsp3) is 0.154. The van der Waals surface area contributed by atoms with Crippen molar-refractivity contribution in [3.63, 3.8) is 0 Å². The molecular formula is C13H11NO. The predicted octanol–water partition coefficient (Wildman–Crippen LogP) is 3.60. The zero-order valence-electron chi connectivity index (χ0n) is 8.74. The van der Waals surface area contributed by atoms with E-state index in [0.717, 1.165) is 22.2 Å². The smallest absolute Gasteiger partial charge is 0.153 e. The Kier molecular flexibility index (Phi) is 1.60. The van der Waals surface area contributed by atoms with E-state index < -0.39 is 0 Å². The molecule has 74 valence electrons. The second-order valence-corrected chi connectivity index (χ2v) is 3.92. The maximum Gasteiger partial charge on any atom is 0.153 e. The van der Waals surface area contributed by atoms with E-state index in [1.165, 1.54) is 10.9 Å². The van der Waals surface area contributed by atoms with Crippen LogP contribution in [0.25, 0.3) is 21.9 Å². The minimum Gasteiger partial charge on any atom is -0.454 e. The maximum absolute atomic E-state index is 5.73. The van der Waals surface area contributed by atoms with Crippen LogP contribution >= 0.6 is 0 Å². The van der Waals surface area contributed by atoms with Crippen molar-refractivity contribution in [2.24, 2.45) is 0 Å². The second-order valence-electron chi connectivity index (χ2n) is 3.92. The summed E-state index contributed by atoms with van der Waals surface area (Å²) in [6.45, 7) is 4.06. The van der Waals surface area contributed by atoms with Crippen molar-refractivity contribution in [2.45, 2.75) is 13.8 Å². The minimum absolute atomic E-state index is 0.862. The molecule has 0 unspecified atom stereocenters. The van der Waals surface area contributed by atoms with Crippen molar-refractivity contribution in [1.82, 2.24) is 4.98 Å². The lowest BCUT2D eigenvalue weighted by molar-refractivity contribution is 0.666. The zero-order valence-corrected chi connectivity index (χ0v) is 8.74. The van der Waals surface area contributed by atoms with Crippen LogP contribution in [0.4, 0.5) is 0 Å². The quantitative estimate of drug-likeness (QED) is 0.550. The van der Waals surface area contributed by atoms with Crippen LogP contribution in [-0.2, 0) is 0 Å². The van der Waals surface area contributed by atoms with Crippen molar-refractivity contribution in [3.8, 4) is 0 Å². The predicted molar refractivity (Wildman–Crippen MR) is 61.0 cm³/mol. The Morgan fingerprint density at radius 2 is 1.87 bits per heavy atom. The molecule has 3 rings (SSSR count). The van der Waals surface area contributed by atoms with Crippen molar-refractivity contribution < 1.29 is 4.42 Å². The van der Waals surface area contributed by atoms with E-state index in [-0.39, 0.29) is 0 Å². The first-order valence-electron chi connectivity index (χ1n) is 4.99. The number of benzene rings is 1. The highest BCUT2D eigenvalue weighted by atomic mass is 16.3. The molecule has 0 aliphatic rings. The van der Waals surface area contributed by atoms with E-state index in [1.807, 2.05) is 6.92 Å². The van der Waals surface area contributed by atoms with Gasteiger partial charge >= 0.3 is 0 Å². The van der Waals surface area contributed by atoms with Gasteiger partial charge in [0.2, 0.25) is 0 Å². The molecule has 2 heterocycles. The number of rotatable bonds is 0. The summed E-state index contributed by atoms with van der Waals surface area (Å²) in [5.74, 6) is 0. The molecular weight excluding hydrogens is 186 g/mol. The molecule has 0 atom stereocenters. The van der Waals surface area contributed by atoms with Crippen LogP contribution in [0.2, 0.25) is 0 Å². The third kappa shape index (κ3) is 1.22. The summed E-state index contributed by atoms with van der Waals surface area (Å²) in [7, 11) is 0. The number of furan rings is 1. The lowest BCUT2D eigenvalue weighted by Gasteiger charge is -1.91. The first-order valence-corrected chi connectivity index (χ1v) is 4.99. The van der Waals surface area contributed by atoms with Gasteiger partial charge < -0.3 is 4.42 Å². The number of pyridine rings is 1. The summed E-state index contributed by atoms with van der Waals surface area (Å²) in [4.78, 5) is 4.23. The molecule has 0 aliphatic carbocycles. The zero-order chi connectivity index (χ0) is 10.4. The van der Waals surface area contributed by atoms with Gasteiger partial charge in [-0.3, -0.25) is 4.98 Å². The Morgan fingerprint density at radius 1 is 1.00 bits per heavy atom. The van der Waals surface area contributed by atoms with E-state index in [0.29, 0.717) is 0 Å².